The number of alkyl halides is 2. The summed E-state index contributed by atoms with van der Waals surface area (Å²) in [5, 5.41) is 0. The topological polar surface area (TPSA) is 82.1 Å². The number of rotatable bonds is 6. The zero-order valence-electron chi connectivity index (χ0n) is 16.2. The van der Waals surface area contributed by atoms with Crippen molar-refractivity contribution >= 4 is 33.8 Å². The van der Waals surface area contributed by atoms with Crippen molar-refractivity contribution in [2.45, 2.75) is 51.6 Å². The van der Waals surface area contributed by atoms with Crippen LogP contribution < -0.4 is 0 Å². The van der Waals surface area contributed by atoms with E-state index in [-0.39, 0.29) is 13.0 Å². The summed E-state index contributed by atoms with van der Waals surface area (Å²) in [6.45, 7) is 1.07. The predicted molar refractivity (Wildman–Crippen MR) is 102 cm³/mol. The van der Waals surface area contributed by atoms with Crippen molar-refractivity contribution in [1.29, 1.82) is 0 Å². The fraction of sp³-hybridized carbons (Fsp3) is 0.526. The molecular formula is C19H22BrF2NO6. The largest absolute Gasteiger partial charge is 0.456 e. The molecule has 160 valence electrons. The van der Waals surface area contributed by atoms with Gasteiger partial charge in [0.2, 0.25) is 0 Å². The van der Waals surface area contributed by atoms with Gasteiger partial charge in [0.05, 0.1) is 12.6 Å². The molecular weight excluding hydrogens is 456 g/mol. The van der Waals surface area contributed by atoms with Crippen LogP contribution in [0.1, 0.15) is 37.6 Å². The number of benzene rings is 1. The Bertz CT molecular complexity index is 750. The van der Waals surface area contributed by atoms with Gasteiger partial charge < -0.3 is 14.2 Å². The quantitative estimate of drug-likeness (QED) is 0.457. The minimum atomic E-state index is -3.05. The van der Waals surface area contributed by atoms with Crippen LogP contribution in [0.15, 0.2) is 28.7 Å². The molecule has 1 aliphatic heterocycles. The number of ketones is 1. The third kappa shape index (κ3) is 7.04. The molecule has 0 spiro atoms. The first-order chi connectivity index (χ1) is 13.5. The van der Waals surface area contributed by atoms with Gasteiger partial charge in [-0.25, -0.2) is 9.59 Å². The number of hydrogen-bond donors (Lipinski definition) is 0. The number of carbonyl (C=O) groups is 3. The summed E-state index contributed by atoms with van der Waals surface area (Å²) in [5.74, 6) is -1.32. The zero-order chi connectivity index (χ0) is 21.8. The van der Waals surface area contributed by atoms with Crippen LogP contribution >= 0.6 is 15.9 Å². The molecule has 0 aromatic heterocycles. The highest BCUT2D eigenvalue weighted by molar-refractivity contribution is 9.10. The third-order valence-corrected chi connectivity index (χ3v) is 4.50. The number of amides is 1. The summed E-state index contributed by atoms with van der Waals surface area (Å²) < 4.78 is 40.6. The Kier molecular flexibility index (Phi) is 7.70. The van der Waals surface area contributed by atoms with Gasteiger partial charge in [-0.05, 0) is 32.9 Å². The molecule has 0 saturated carbocycles. The summed E-state index contributed by atoms with van der Waals surface area (Å²) in [5.41, 5.74) is -0.500. The van der Waals surface area contributed by atoms with E-state index in [0.717, 1.165) is 9.37 Å². The monoisotopic (exact) mass is 477 g/mol. The van der Waals surface area contributed by atoms with E-state index < -0.39 is 48.8 Å². The molecule has 1 saturated heterocycles. The van der Waals surface area contributed by atoms with Crippen LogP contribution in [-0.2, 0) is 19.0 Å². The Morgan fingerprint density at radius 2 is 1.83 bits per heavy atom. The number of likely N-dealkylation sites (tertiary alicyclic amines) is 1. The number of halogens is 3. The molecule has 0 N–H and O–H groups in total. The maximum atomic E-state index is 12.6. The van der Waals surface area contributed by atoms with Crippen LogP contribution in [0.2, 0.25) is 0 Å². The summed E-state index contributed by atoms with van der Waals surface area (Å²) in [7, 11) is 0. The van der Waals surface area contributed by atoms with Crippen LogP contribution in [0.5, 0.6) is 0 Å². The Labute approximate surface area is 175 Å². The Hall–Kier alpha value is -2.07. The molecule has 1 fully saturated rings. The molecule has 1 amide bonds. The average molecular weight is 478 g/mol. The summed E-state index contributed by atoms with van der Waals surface area (Å²) in [6, 6.07) is 5.28. The predicted octanol–water partition coefficient (Wildman–Crippen LogP) is 3.79. The number of hydrogen-bond acceptors (Lipinski definition) is 6. The van der Waals surface area contributed by atoms with Crippen molar-refractivity contribution in [2.24, 2.45) is 0 Å². The molecule has 1 unspecified atom stereocenters. The SMILES string of the molecule is CC(C)(C)OC(=O)N1CC(OC(F)F)C[C@H]1C(=O)OCC(=O)c1ccc(Br)cc1. The van der Waals surface area contributed by atoms with Crippen molar-refractivity contribution < 1.29 is 37.4 Å². The van der Waals surface area contributed by atoms with Crippen LogP contribution in [0.25, 0.3) is 0 Å². The van der Waals surface area contributed by atoms with Crippen molar-refractivity contribution in [2.75, 3.05) is 13.2 Å². The second-order valence-electron chi connectivity index (χ2n) is 7.44. The number of ether oxygens (including phenoxy) is 3. The fourth-order valence-corrected chi connectivity index (χ4v) is 3.00. The van der Waals surface area contributed by atoms with Gasteiger partial charge in [0.1, 0.15) is 11.6 Å². The highest BCUT2D eigenvalue weighted by Crippen LogP contribution is 2.25. The van der Waals surface area contributed by atoms with Gasteiger partial charge in [-0.15, -0.1) is 0 Å². The second kappa shape index (κ2) is 9.62. The molecule has 0 radical (unpaired) electrons. The highest BCUT2D eigenvalue weighted by atomic mass is 79.9. The number of carbonyl (C=O) groups excluding carboxylic acids is 3. The van der Waals surface area contributed by atoms with E-state index in [4.69, 9.17) is 9.47 Å². The maximum Gasteiger partial charge on any atom is 0.411 e. The van der Waals surface area contributed by atoms with E-state index in [1.165, 1.54) is 0 Å². The molecule has 0 bridgehead atoms. The Morgan fingerprint density at radius 3 is 2.38 bits per heavy atom. The van der Waals surface area contributed by atoms with Gasteiger partial charge in [0.15, 0.2) is 12.4 Å². The van der Waals surface area contributed by atoms with Crippen molar-refractivity contribution in [1.82, 2.24) is 4.90 Å². The molecule has 2 rings (SSSR count). The summed E-state index contributed by atoms with van der Waals surface area (Å²) >= 11 is 3.25. The van der Waals surface area contributed by atoms with Gasteiger partial charge >= 0.3 is 18.7 Å². The maximum absolute atomic E-state index is 12.6. The minimum Gasteiger partial charge on any atom is -0.456 e. The third-order valence-electron chi connectivity index (χ3n) is 3.97. The Balaban J connectivity index is 2.04. The average Bonchev–Trinajstić information content (AvgIpc) is 3.02. The van der Waals surface area contributed by atoms with Gasteiger partial charge in [-0.3, -0.25) is 9.69 Å². The van der Waals surface area contributed by atoms with Gasteiger partial charge in [-0.1, -0.05) is 28.1 Å². The highest BCUT2D eigenvalue weighted by Gasteiger charge is 2.44. The van der Waals surface area contributed by atoms with Crippen molar-refractivity contribution in [3.63, 3.8) is 0 Å². The summed E-state index contributed by atoms with van der Waals surface area (Å²) in [6.07, 6.45) is -2.09. The lowest BCUT2D eigenvalue weighted by Gasteiger charge is -2.27. The molecule has 2 atom stereocenters. The first-order valence-corrected chi connectivity index (χ1v) is 9.64. The lowest BCUT2D eigenvalue weighted by atomic mass is 10.1. The van der Waals surface area contributed by atoms with Crippen molar-refractivity contribution in [3.8, 4) is 0 Å². The molecule has 1 aliphatic rings. The van der Waals surface area contributed by atoms with E-state index in [2.05, 4.69) is 20.7 Å². The van der Waals surface area contributed by atoms with E-state index in [1.54, 1.807) is 45.0 Å². The van der Waals surface area contributed by atoms with Crippen LogP contribution in [0.3, 0.4) is 0 Å². The van der Waals surface area contributed by atoms with Crippen LogP contribution in [0.4, 0.5) is 13.6 Å². The van der Waals surface area contributed by atoms with Crippen molar-refractivity contribution in [3.05, 3.63) is 34.3 Å². The van der Waals surface area contributed by atoms with E-state index in [1.807, 2.05) is 0 Å². The van der Waals surface area contributed by atoms with E-state index >= 15 is 0 Å². The van der Waals surface area contributed by atoms with Gasteiger partial charge in [-0.2, -0.15) is 8.78 Å². The molecule has 1 heterocycles. The first kappa shape index (κ1) is 23.2. The minimum absolute atomic E-state index is 0.186. The molecule has 10 heteroatoms. The van der Waals surface area contributed by atoms with Gasteiger partial charge in [0.25, 0.3) is 0 Å². The summed E-state index contributed by atoms with van der Waals surface area (Å²) in [4.78, 5) is 38.0. The van der Waals surface area contributed by atoms with Crippen LogP contribution in [-0.4, -0.2) is 60.3 Å². The van der Waals surface area contributed by atoms with E-state index in [9.17, 15) is 23.2 Å². The lowest BCUT2D eigenvalue weighted by Crippen LogP contribution is -2.44. The molecule has 7 nitrogen and oxygen atoms in total. The number of nitrogens with zero attached hydrogens (tertiary/aromatic N) is 1. The number of Topliss-reactive ketones (excluding diaryl/α,β-unsaturated/α-hetero) is 1. The zero-order valence-corrected chi connectivity index (χ0v) is 17.8. The standard InChI is InChI=1S/C19H22BrF2NO6/c1-19(2,3)29-18(26)23-9-13(28-17(21)22)8-14(23)16(25)27-10-15(24)11-4-6-12(20)7-5-11/h4-7,13-14,17H,8-10H2,1-3H3/t13?,14-/m0/s1. The first-order valence-electron chi connectivity index (χ1n) is 8.85. The molecule has 0 aliphatic carbocycles. The van der Waals surface area contributed by atoms with Gasteiger partial charge in [0, 0.05) is 16.5 Å². The number of esters is 1. The second-order valence-corrected chi connectivity index (χ2v) is 8.36. The fourth-order valence-electron chi connectivity index (χ4n) is 2.74. The Morgan fingerprint density at radius 1 is 1.21 bits per heavy atom. The molecule has 1 aromatic rings. The molecule has 1 aromatic carbocycles. The smallest absolute Gasteiger partial charge is 0.411 e. The van der Waals surface area contributed by atoms with Crippen LogP contribution in [0, 0.1) is 0 Å². The lowest BCUT2D eigenvalue weighted by molar-refractivity contribution is -0.160. The normalized spacial score (nSPS) is 19.3. The van der Waals surface area contributed by atoms with E-state index in [0.29, 0.717) is 5.56 Å². The molecule has 29 heavy (non-hydrogen) atoms.